The van der Waals surface area contributed by atoms with Gasteiger partial charge < -0.3 is 4.74 Å². The summed E-state index contributed by atoms with van der Waals surface area (Å²) in [5.74, 6) is 0.691. The number of methoxy groups -OCH3 is 1. The van der Waals surface area contributed by atoms with Crippen LogP contribution in [-0.4, -0.2) is 40.7 Å². The predicted molar refractivity (Wildman–Crippen MR) is 99.8 cm³/mol. The number of imide groups is 1. The van der Waals surface area contributed by atoms with Crippen LogP contribution in [-0.2, 0) is 4.79 Å². The summed E-state index contributed by atoms with van der Waals surface area (Å²) < 4.78 is 5.17. The van der Waals surface area contributed by atoms with Gasteiger partial charge in [-0.3, -0.25) is 19.8 Å². The number of hydrogen-bond acceptors (Lipinski definition) is 6. The lowest BCUT2D eigenvalue weighted by atomic mass is 10.1. The molecule has 2 aromatic rings. The van der Waals surface area contributed by atoms with E-state index in [9.17, 15) is 19.7 Å². The molecule has 0 aromatic heterocycles. The van der Waals surface area contributed by atoms with Crippen molar-refractivity contribution in [3.8, 4) is 5.75 Å². The number of nitrogens with zero attached hydrogens (tertiary/aromatic N) is 3. The number of rotatable bonds is 4. The maximum Gasteiger partial charge on any atom is 0.333 e. The molecule has 27 heavy (non-hydrogen) atoms. The van der Waals surface area contributed by atoms with Crippen molar-refractivity contribution in [3.05, 3.63) is 64.2 Å². The molecule has 0 saturated carbocycles. The van der Waals surface area contributed by atoms with Crippen LogP contribution < -0.4 is 9.64 Å². The van der Waals surface area contributed by atoms with Crippen LogP contribution in [0.5, 0.6) is 5.75 Å². The first-order valence-corrected chi connectivity index (χ1v) is 9.22. The van der Waals surface area contributed by atoms with Gasteiger partial charge >= 0.3 is 6.03 Å². The quantitative estimate of drug-likeness (QED) is 0.456. The fourth-order valence-corrected chi connectivity index (χ4v) is 4.73. The van der Waals surface area contributed by atoms with E-state index in [1.807, 2.05) is 0 Å². The third-order valence-corrected chi connectivity index (χ3v) is 5.92. The average molecular weight is 385 g/mol. The second-order valence-corrected chi connectivity index (χ2v) is 7.23. The molecule has 0 spiro atoms. The highest BCUT2D eigenvalue weighted by Gasteiger charge is 2.53. The lowest BCUT2D eigenvalue weighted by Crippen LogP contribution is -2.33. The molecule has 8 nitrogen and oxygen atoms in total. The van der Waals surface area contributed by atoms with Gasteiger partial charge in [0.05, 0.1) is 17.7 Å². The number of nitro groups is 1. The number of non-ortho nitro benzene ring substituents is 1. The Morgan fingerprint density at radius 2 is 1.96 bits per heavy atom. The minimum atomic E-state index is -0.585. The molecule has 2 aliphatic rings. The molecule has 2 heterocycles. The molecule has 1 unspecified atom stereocenters. The molecule has 2 aromatic carbocycles. The zero-order valence-corrected chi connectivity index (χ0v) is 15.1. The lowest BCUT2D eigenvalue weighted by Gasteiger charge is -2.23. The van der Waals surface area contributed by atoms with Crippen molar-refractivity contribution in [1.82, 2.24) is 4.90 Å². The topological polar surface area (TPSA) is 93.0 Å². The Hall–Kier alpha value is -3.07. The number of carbonyl (C=O) groups is 2. The fourth-order valence-electron chi connectivity index (χ4n) is 3.33. The van der Waals surface area contributed by atoms with Gasteiger partial charge in [0.15, 0.2) is 0 Å². The molecule has 138 valence electrons. The lowest BCUT2D eigenvalue weighted by molar-refractivity contribution is -0.384. The fraction of sp³-hybridized carbons (Fsp3) is 0.222. The number of fused-ring (bicyclic) bond motifs is 1. The number of anilines is 1. The summed E-state index contributed by atoms with van der Waals surface area (Å²) >= 11 is 1.43. The van der Waals surface area contributed by atoms with Crippen LogP contribution in [0.15, 0.2) is 48.5 Å². The SMILES string of the molecule is COc1cccc(N2C(=O)[C@H]3CSC(c4cccc([N+](=O)[O-])c4)N3C2=O)c1. The zero-order valence-electron chi connectivity index (χ0n) is 14.3. The number of carbonyl (C=O) groups excluding carboxylic acids is 2. The average Bonchev–Trinajstić information content (AvgIpc) is 3.22. The largest absolute Gasteiger partial charge is 0.497 e. The van der Waals surface area contributed by atoms with E-state index in [0.717, 1.165) is 4.90 Å². The number of nitro benzene ring substituents is 1. The van der Waals surface area contributed by atoms with Gasteiger partial charge in [0.2, 0.25) is 0 Å². The van der Waals surface area contributed by atoms with E-state index < -0.39 is 22.4 Å². The van der Waals surface area contributed by atoms with Crippen LogP contribution >= 0.6 is 11.8 Å². The molecule has 2 fully saturated rings. The van der Waals surface area contributed by atoms with Crippen molar-refractivity contribution >= 4 is 35.1 Å². The molecule has 3 amide bonds. The second-order valence-electron chi connectivity index (χ2n) is 6.12. The molecular formula is C18H15N3O5S. The Kier molecular flexibility index (Phi) is 4.23. The van der Waals surface area contributed by atoms with Crippen LogP contribution in [0.4, 0.5) is 16.2 Å². The maximum atomic E-state index is 13.0. The Morgan fingerprint density at radius 1 is 1.19 bits per heavy atom. The van der Waals surface area contributed by atoms with Gasteiger partial charge in [-0.2, -0.15) is 0 Å². The minimum Gasteiger partial charge on any atom is -0.497 e. The Morgan fingerprint density at radius 3 is 2.70 bits per heavy atom. The molecule has 2 saturated heterocycles. The number of amides is 3. The van der Waals surface area contributed by atoms with E-state index in [1.54, 1.807) is 36.4 Å². The number of urea groups is 1. The number of ether oxygens (including phenoxy) is 1. The van der Waals surface area contributed by atoms with E-state index in [2.05, 4.69) is 0 Å². The van der Waals surface area contributed by atoms with Crippen molar-refractivity contribution in [3.63, 3.8) is 0 Å². The van der Waals surface area contributed by atoms with E-state index >= 15 is 0 Å². The molecule has 0 radical (unpaired) electrons. The number of benzene rings is 2. The normalized spacial score (nSPS) is 21.5. The summed E-state index contributed by atoms with van der Waals surface area (Å²) in [6.45, 7) is 0. The molecule has 0 bridgehead atoms. The summed E-state index contributed by atoms with van der Waals surface area (Å²) in [7, 11) is 1.51. The van der Waals surface area contributed by atoms with Crippen molar-refractivity contribution < 1.29 is 19.2 Å². The van der Waals surface area contributed by atoms with Crippen LogP contribution in [0.3, 0.4) is 0 Å². The minimum absolute atomic E-state index is 0.0424. The third kappa shape index (κ3) is 2.80. The second kappa shape index (κ2) is 6.58. The summed E-state index contributed by atoms with van der Waals surface area (Å²) in [6.07, 6.45) is 0. The Bertz CT molecular complexity index is 950. The molecular weight excluding hydrogens is 370 g/mol. The Labute approximate surface area is 158 Å². The summed E-state index contributed by atoms with van der Waals surface area (Å²) in [4.78, 5) is 39.1. The van der Waals surface area contributed by atoms with Crippen molar-refractivity contribution in [2.45, 2.75) is 11.4 Å². The number of thioether (sulfide) groups is 1. The first kappa shape index (κ1) is 17.3. The maximum absolute atomic E-state index is 13.0. The van der Waals surface area contributed by atoms with Crippen LogP contribution in [0.2, 0.25) is 0 Å². The van der Waals surface area contributed by atoms with Gasteiger partial charge in [-0.1, -0.05) is 18.2 Å². The van der Waals surface area contributed by atoms with Crippen LogP contribution in [0, 0.1) is 10.1 Å². The van der Waals surface area contributed by atoms with Gasteiger partial charge in [-0.25, -0.2) is 9.69 Å². The highest BCUT2D eigenvalue weighted by molar-refractivity contribution is 7.99. The molecule has 0 aliphatic carbocycles. The highest BCUT2D eigenvalue weighted by Crippen LogP contribution is 2.46. The predicted octanol–water partition coefficient (Wildman–Crippen LogP) is 3.19. The van der Waals surface area contributed by atoms with E-state index in [4.69, 9.17) is 4.74 Å². The molecule has 0 N–H and O–H groups in total. The van der Waals surface area contributed by atoms with Crippen molar-refractivity contribution in [2.75, 3.05) is 17.8 Å². The molecule has 2 atom stereocenters. The molecule has 2 aliphatic heterocycles. The third-order valence-electron chi connectivity index (χ3n) is 4.60. The van der Waals surface area contributed by atoms with Gasteiger partial charge in [0.1, 0.15) is 17.2 Å². The highest BCUT2D eigenvalue weighted by atomic mass is 32.2. The van der Waals surface area contributed by atoms with Crippen molar-refractivity contribution in [2.24, 2.45) is 0 Å². The molecule has 9 heteroatoms. The van der Waals surface area contributed by atoms with Crippen molar-refractivity contribution in [1.29, 1.82) is 0 Å². The van der Waals surface area contributed by atoms with E-state index in [0.29, 0.717) is 22.8 Å². The number of hydrogen-bond donors (Lipinski definition) is 0. The summed E-state index contributed by atoms with van der Waals surface area (Å²) in [5, 5.41) is 10.6. The van der Waals surface area contributed by atoms with Gasteiger partial charge in [-0.15, -0.1) is 11.8 Å². The summed E-state index contributed by atoms with van der Waals surface area (Å²) in [6, 6.07) is 11.9. The first-order chi connectivity index (χ1) is 13.0. The van der Waals surface area contributed by atoms with E-state index in [-0.39, 0.29) is 11.6 Å². The van der Waals surface area contributed by atoms with E-state index in [1.165, 1.54) is 35.9 Å². The first-order valence-electron chi connectivity index (χ1n) is 8.17. The molecule has 4 rings (SSSR count). The smallest absolute Gasteiger partial charge is 0.333 e. The summed E-state index contributed by atoms with van der Waals surface area (Å²) in [5.41, 5.74) is 1.03. The monoisotopic (exact) mass is 385 g/mol. The van der Waals surface area contributed by atoms with Crippen LogP contribution in [0.25, 0.3) is 0 Å². The van der Waals surface area contributed by atoms with Gasteiger partial charge in [0.25, 0.3) is 11.6 Å². The van der Waals surface area contributed by atoms with Crippen LogP contribution in [0.1, 0.15) is 10.9 Å². The standard InChI is InChI=1S/C18H15N3O5S/c1-26-14-7-3-5-12(9-14)19-16(22)15-10-27-17(20(15)18(19)23)11-4-2-6-13(8-11)21(24)25/h2-9,15,17H,10H2,1H3/t15-,17?/m1/s1. The van der Waals surface area contributed by atoms with Gasteiger partial charge in [-0.05, 0) is 17.7 Å². The zero-order chi connectivity index (χ0) is 19.1. The van der Waals surface area contributed by atoms with Gasteiger partial charge in [0, 0.05) is 24.0 Å². The Balaban J connectivity index is 1.68.